The van der Waals surface area contributed by atoms with Crippen molar-refractivity contribution in [2.75, 3.05) is 44.3 Å². The molecular weight excluding hydrogens is 614 g/mol. The van der Waals surface area contributed by atoms with Crippen molar-refractivity contribution in [3.8, 4) is 24.1 Å². The third-order valence-corrected chi connectivity index (χ3v) is 10.0. The third-order valence-electron chi connectivity index (χ3n) is 10.0. The molecule has 47 heavy (non-hydrogen) atoms. The van der Waals surface area contributed by atoms with Gasteiger partial charge in [-0.2, -0.15) is 15.0 Å². The molecule has 4 fully saturated rings. The zero-order valence-electron chi connectivity index (χ0n) is 25.8. The third kappa shape index (κ3) is 6.43. The molecule has 2 unspecified atom stereocenters. The summed E-state index contributed by atoms with van der Waals surface area (Å²) < 4.78 is 40.3. The van der Waals surface area contributed by atoms with Gasteiger partial charge in [0.05, 0.1) is 23.2 Å². The van der Waals surface area contributed by atoms with Crippen molar-refractivity contribution in [2.24, 2.45) is 0 Å². The quantitative estimate of drug-likeness (QED) is 0.159. The number of anilines is 1. The van der Waals surface area contributed by atoms with Crippen LogP contribution >= 0.6 is 0 Å². The highest BCUT2D eigenvalue weighted by molar-refractivity contribution is 5.92. The van der Waals surface area contributed by atoms with E-state index >= 15 is 0 Å². The van der Waals surface area contributed by atoms with Crippen LogP contribution in [0, 0.1) is 18.2 Å². The minimum Gasteiger partial charge on any atom is -0.508 e. The Bertz CT molecular complexity index is 1720. The molecule has 0 saturated carbocycles. The second-order valence-corrected chi connectivity index (χ2v) is 13.4. The number of nitrogens with zero attached hydrogens (tertiary/aromatic N) is 5. The molecule has 0 aliphatic carbocycles. The summed E-state index contributed by atoms with van der Waals surface area (Å²) in [6, 6.07) is 6.08. The number of alkyl halides is 1. The lowest BCUT2D eigenvalue weighted by Crippen LogP contribution is -2.63. The second kappa shape index (κ2) is 12.1. The van der Waals surface area contributed by atoms with Crippen molar-refractivity contribution in [1.82, 2.24) is 25.2 Å². The van der Waals surface area contributed by atoms with Crippen LogP contribution in [0.15, 0.2) is 24.3 Å². The van der Waals surface area contributed by atoms with E-state index < -0.39 is 29.2 Å². The molecule has 4 atom stereocenters. The first-order valence-electron chi connectivity index (χ1n) is 15.9. The number of terminal acetylenes is 1. The van der Waals surface area contributed by atoms with Gasteiger partial charge >= 0.3 is 12.2 Å². The summed E-state index contributed by atoms with van der Waals surface area (Å²) in [5.74, 6) is 2.67. The number of nitrogens with one attached hydrogen (secondary N) is 1. The van der Waals surface area contributed by atoms with E-state index in [1.165, 1.54) is 12.1 Å². The van der Waals surface area contributed by atoms with Crippen LogP contribution in [0.2, 0.25) is 0 Å². The Labute approximate surface area is 270 Å². The lowest BCUT2D eigenvalue weighted by atomic mass is 9.95. The molecule has 0 spiro atoms. The highest BCUT2D eigenvalue weighted by atomic mass is 19.1. The molecule has 4 saturated heterocycles. The van der Waals surface area contributed by atoms with Gasteiger partial charge in [0, 0.05) is 43.9 Å². The fraction of sp³-hybridized carbons (Fsp3) is 0.545. The van der Waals surface area contributed by atoms with Crippen LogP contribution in [-0.2, 0) is 17.6 Å². The van der Waals surface area contributed by atoms with Crippen molar-refractivity contribution >= 4 is 16.7 Å². The van der Waals surface area contributed by atoms with E-state index in [0.717, 1.165) is 25.8 Å². The molecule has 4 aliphatic rings. The summed E-state index contributed by atoms with van der Waals surface area (Å²) in [6.07, 6.45) is 5.72. The molecule has 2 bridgehead atoms. The fourth-order valence-corrected chi connectivity index (χ4v) is 7.98. The molecular formula is C33H38F2N6O6. The monoisotopic (exact) mass is 652 g/mol. The van der Waals surface area contributed by atoms with Crippen molar-refractivity contribution in [3.63, 3.8) is 0 Å². The smallest absolute Gasteiger partial charge is 0.405 e. The lowest BCUT2D eigenvalue weighted by Gasteiger charge is -2.41. The fourth-order valence-electron chi connectivity index (χ4n) is 7.98. The summed E-state index contributed by atoms with van der Waals surface area (Å²) in [6.45, 7) is 2.15. The first-order valence-corrected chi connectivity index (χ1v) is 15.9. The summed E-state index contributed by atoms with van der Waals surface area (Å²) >= 11 is 0. The van der Waals surface area contributed by atoms with E-state index in [2.05, 4.69) is 26.1 Å². The van der Waals surface area contributed by atoms with Gasteiger partial charge in [-0.15, -0.1) is 6.42 Å². The number of piperazine rings is 1. The van der Waals surface area contributed by atoms with Crippen molar-refractivity contribution < 1.29 is 38.7 Å². The maximum Gasteiger partial charge on any atom is 0.405 e. The maximum atomic E-state index is 14.7. The Morgan fingerprint density at radius 3 is 2.77 bits per heavy atom. The molecule has 4 aliphatic heterocycles. The predicted octanol–water partition coefficient (Wildman–Crippen LogP) is 1.51. The van der Waals surface area contributed by atoms with Gasteiger partial charge < -0.3 is 40.1 Å². The summed E-state index contributed by atoms with van der Waals surface area (Å²) in [5, 5.41) is 43.1. The van der Waals surface area contributed by atoms with E-state index in [4.69, 9.17) is 20.9 Å². The molecule has 3 aromatic rings. The number of aryl methyl sites for hydroxylation is 2. The number of hydrogen-bond acceptors (Lipinski definition) is 12. The normalized spacial score (nSPS) is 27.4. The Balaban J connectivity index is 1.19. The number of phenolic OH excluding ortho intramolecular Hbond substituents is 1. The molecule has 1 aromatic heterocycles. The van der Waals surface area contributed by atoms with Crippen LogP contribution in [0.3, 0.4) is 0 Å². The predicted molar refractivity (Wildman–Crippen MR) is 166 cm³/mol. The average Bonchev–Trinajstić information content (AvgIpc) is 3.66. The maximum absolute atomic E-state index is 14.7. The molecule has 5 N–H and O–H groups in total. The summed E-state index contributed by atoms with van der Waals surface area (Å²) in [5.41, 5.74) is -0.365. The van der Waals surface area contributed by atoms with Gasteiger partial charge in [0.1, 0.15) is 30.2 Å². The van der Waals surface area contributed by atoms with E-state index in [1.54, 1.807) is 12.1 Å². The van der Waals surface area contributed by atoms with Crippen LogP contribution < -0.4 is 15.0 Å². The van der Waals surface area contributed by atoms with E-state index in [-0.39, 0.29) is 43.0 Å². The Morgan fingerprint density at radius 2 is 1.96 bits per heavy atom. The standard InChI is InChI=1S/C33H38F2N6O6/c1-2-25-26(35)6-4-20-12-24(42)13-21(28(20)25)5-7-27-36-29(40-16-23-8-10-31(17-40,39-23)18-47-33(43,44)45)38-30(37-27)46-19-32-9-3-11-41(32)15-22(34)14-32/h1,4,6,12-13,22-23,39,42-45H,3,5,7-11,14-19H2/t22?,23-,31?,32+/m1/s1. The first kappa shape index (κ1) is 31.9. The first-order chi connectivity index (χ1) is 22.4. The number of aromatic nitrogens is 3. The summed E-state index contributed by atoms with van der Waals surface area (Å²) in [7, 11) is 0. The Hall–Kier alpha value is -3.71. The highest BCUT2D eigenvalue weighted by Crippen LogP contribution is 2.40. The van der Waals surface area contributed by atoms with Gasteiger partial charge in [0.25, 0.3) is 0 Å². The van der Waals surface area contributed by atoms with Crippen LogP contribution in [0.4, 0.5) is 14.7 Å². The van der Waals surface area contributed by atoms with E-state index in [0.29, 0.717) is 67.0 Å². The molecule has 14 heteroatoms. The van der Waals surface area contributed by atoms with Crippen LogP contribution in [0.25, 0.3) is 10.8 Å². The molecule has 5 heterocycles. The molecule has 7 rings (SSSR count). The van der Waals surface area contributed by atoms with Crippen LogP contribution in [0.1, 0.15) is 49.1 Å². The molecule has 2 aromatic carbocycles. The minimum absolute atomic E-state index is 0.0204. The number of ether oxygens (including phenoxy) is 2. The molecule has 0 amide bonds. The number of benzene rings is 2. The largest absolute Gasteiger partial charge is 0.508 e. The zero-order chi connectivity index (χ0) is 33.0. The highest BCUT2D eigenvalue weighted by Gasteiger charge is 2.50. The molecule has 0 radical (unpaired) electrons. The SMILES string of the molecule is C#Cc1c(F)ccc2cc(O)cc(CCc3nc(OC[C@@]45CCCN4CC(F)C5)nc(N4C[C@H]5CCC(COC(O)(O)O)(C4)N5)n3)c12. The number of hydrogen-bond donors (Lipinski definition) is 5. The number of aliphatic hydroxyl groups is 3. The van der Waals surface area contributed by atoms with Crippen molar-refractivity contribution in [3.05, 3.63) is 47.0 Å². The van der Waals surface area contributed by atoms with Gasteiger partial charge in [0.15, 0.2) is 0 Å². The second-order valence-electron chi connectivity index (χ2n) is 13.4. The average molecular weight is 653 g/mol. The zero-order valence-corrected chi connectivity index (χ0v) is 25.8. The topological polar surface area (TPSA) is 157 Å². The van der Waals surface area contributed by atoms with Gasteiger partial charge in [-0.05, 0) is 67.8 Å². The van der Waals surface area contributed by atoms with E-state index in [9.17, 15) is 29.2 Å². The number of phenols is 1. The molecule has 250 valence electrons. The van der Waals surface area contributed by atoms with Gasteiger partial charge in [-0.1, -0.05) is 12.0 Å². The van der Waals surface area contributed by atoms with Crippen LogP contribution in [-0.4, -0.2) is 109 Å². The lowest BCUT2D eigenvalue weighted by molar-refractivity contribution is -0.457. The minimum atomic E-state index is -3.26. The Kier molecular flexibility index (Phi) is 8.18. The summed E-state index contributed by atoms with van der Waals surface area (Å²) in [4.78, 5) is 18.2. The van der Waals surface area contributed by atoms with Crippen molar-refractivity contribution in [1.29, 1.82) is 0 Å². The molecule has 12 nitrogen and oxygen atoms in total. The van der Waals surface area contributed by atoms with Gasteiger partial charge in [0.2, 0.25) is 5.95 Å². The number of halogens is 2. The van der Waals surface area contributed by atoms with Crippen molar-refractivity contribution in [2.45, 2.75) is 74.4 Å². The number of rotatable bonds is 10. The van der Waals surface area contributed by atoms with E-state index in [1.807, 2.05) is 4.90 Å². The number of aromatic hydroxyl groups is 1. The van der Waals surface area contributed by atoms with Gasteiger partial charge in [-0.3, -0.25) is 4.90 Å². The Morgan fingerprint density at radius 1 is 1.11 bits per heavy atom. The number of fused-ring (bicyclic) bond motifs is 4. The van der Waals surface area contributed by atoms with Crippen LogP contribution in [0.5, 0.6) is 11.8 Å². The van der Waals surface area contributed by atoms with Gasteiger partial charge in [-0.25, -0.2) is 8.78 Å².